The Morgan fingerprint density at radius 1 is 0.920 bits per heavy atom. The summed E-state index contributed by atoms with van der Waals surface area (Å²) in [5.74, 6) is 0.198. The van der Waals surface area contributed by atoms with Crippen LogP contribution >= 0.6 is 0 Å². The van der Waals surface area contributed by atoms with Crippen LogP contribution in [-0.4, -0.2) is 11.0 Å². The SMILES string of the molecule is O=C(CCc1ccccc1O)Nc1ccc2c(c1)Cc1ccccc1-2. The first kappa shape index (κ1) is 15.5. The molecule has 3 nitrogen and oxygen atoms in total. The summed E-state index contributed by atoms with van der Waals surface area (Å²) in [6.45, 7) is 0. The van der Waals surface area contributed by atoms with Crippen LogP contribution in [0.3, 0.4) is 0 Å². The molecule has 0 fully saturated rings. The van der Waals surface area contributed by atoms with E-state index < -0.39 is 0 Å². The van der Waals surface area contributed by atoms with Crippen LogP contribution in [0.2, 0.25) is 0 Å². The van der Waals surface area contributed by atoms with Crippen molar-refractivity contribution in [1.29, 1.82) is 0 Å². The number of hydrogen-bond donors (Lipinski definition) is 2. The molecule has 1 amide bonds. The molecule has 0 aliphatic heterocycles. The number of phenols is 1. The first-order valence-corrected chi connectivity index (χ1v) is 8.48. The number of aromatic hydroxyl groups is 1. The molecule has 0 spiro atoms. The summed E-state index contributed by atoms with van der Waals surface area (Å²) >= 11 is 0. The van der Waals surface area contributed by atoms with Crippen molar-refractivity contribution >= 4 is 11.6 Å². The Hall–Kier alpha value is -3.07. The van der Waals surface area contributed by atoms with Crippen LogP contribution in [0, 0.1) is 0 Å². The van der Waals surface area contributed by atoms with Gasteiger partial charge in [0, 0.05) is 12.1 Å². The number of phenolic OH excluding ortho intramolecular Hbond substituents is 1. The Morgan fingerprint density at radius 2 is 1.68 bits per heavy atom. The second-order valence-electron chi connectivity index (χ2n) is 6.38. The molecule has 0 aromatic heterocycles. The predicted molar refractivity (Wildman–Crippen MR) is 99.7 cm³/mol. The van der Waals surface area contributed by atoms with E-state index in [9.17, 15) is 9.90 Å². The lowest BCUT2D eigenvalue weighted by atomic mass is 10.1. The van der Waals surface area contributed by atoms with Crippen LogP contribution in [0.15, 0.2) is 66.7 Å². The maximum atomic E-state index is 12.2. The number of amides is 1. The number of para-hydroxylation sites is 1. The van der Waals surface area contributed by atoms with Crippen LogP contribution in [0.4, 0.5) is 5.69 Å². The van der Waals surface area contributed by atoms with Gasteiger partial charge in [-0.05, 0) is 58.9 Å². The van der Waals surface area contributed by atoms with Gasteiger partial charge in [-0.15, -0.1) is 0 Å². The van der Waals surface area contributed by atoms with E-state index in [1.807, 2.05) is 18.2 Å². The highest BCUT2D eigenvalue weighted by Gasteiger charge is 2.18. The van der Waals surface area contributed by atoms with Gasteiger partial charge in [0.05, 0.1) is 0 Å². The fourth-order valence-corrected chi connectivity index (χ4v) is 3.42. The molecule has 25 heavy (non-hydrogen) atoms. The molecule has 0 radical (unpaired) electrons. The van der Waals surface area contributed by atoms with E-state index in [0.29, 0.717) is 12.8 Å². The molecule has 0 unspecified atom stereocenters. The van der Waals surface area contributed by atoms with Crippen molar-refractivity contribution < 1.29 is 9.90 Å². The average molecular weight is 329 g/mol. The number of carbonyl (C=O) groups is 1. The van der Waals surface area contributed by atoms with Crippen molar-refractivity contribution in [3.05, 3.63) is 83.4 Å². The zero-order valence-corrected chi connectivity index (χ0v) is 13.8. The summed E-state index contributed by atoms with van der Waals surface area (Å²) in [4.78, 5) is 12.2. The molecule has 3 aromatic rings. The molecule has 3 heteroatoms. The molecule has 0 heterocycles. The summed E-state index contributed by atoms with van der Waals surface area (Å²) in [6.07, 6.45) is 1.77. The number of nitrogens with one attached hydrogen (secondary N) is 1. The second-order valence-corrected chi connectivity index (χ2v) is 6.38. The lowest BCUT2D eigenvalue weighted by Gasteiger charge is -2.08. The quantitative estimate of drug-likeness (QED) is 0.578. The molecule has 4 rings (SSSR count). The third-order valence-electron chi connectivity index (χ3n) is 4.69. The van der Waals surface area contributed by atoms with Gasteiger partial charge in [-0.1, -0.05) is 48.5 Å². The van der Waals surface area contributed by atoms with Crippen molar-refractivity contribution in [2.45, 2.75) is 19.3 Å². The van der Waals surface area contributed by atoms with Gasteiger partial charge in [-0.2, -0.15) is 0 Å². The Bertz CT molecular complexity index is 946. The van der Waals surface area contributed by atoms with Crippen LogP contribution in [-0.2, 0) is 17.6 Å². The fourth-order valence-electron chi connectivity index (χ4n) is 3.42. The minimum atomic E-state index is -0.0429. The number of hydrogen-bond acceptors (Lipinski definition) is 2. The van der Waals surface area contributed by atoms with E-state index in [-0.39, 0.29) is 11.7 Å². The van der Waals surface area contributed by atoms with Crippen LogP contribution < -0.4 is 5.32 Å². The summed E-state index contributed by atoms with van der Waals surface area (Å²) in [6, 6.07) is 21.7. The van der Waals surface area contributed by atoms with Crippen LogP contribution in [0.1, 0.15) is 23.1 Å². The van der Waals surface area contributed by atoms with Crippen molar-refractivity contribution in [2.75, 3.05) is 5.32 Å². The van der Waals surface area contributed by atoms with E-state index in [1.165, 1.54) is 22.3 Å². The fraction of sp³-hybridized carbons (Fsp3) is 0.136. The third-order valence-corrected chi connectivity index (χ3v) is 4.69. The smallest absolute Gasteiger partial charge is 0.224 e. The minimum absolute atomic E-state index is 0.0429. The highest BCUT2D eigenvalue weighted by Crippen LogP contribution is 2.37. The van der Waals surface area contributed by atoms with Crippen molar-refractivity contribution in [1.82, 2.24) is 0 Å². The number of anilines is 1. The molecule has 124 valence electrons. The van der Waals surface area contributed by atoms with Gasteiger partial charge in [-0.25, -0.2) is 0 Å². The summed E-state index contributed by atoms with van der Waals surface area (Å²) in [7, 11) is 0. The van der Waals surface area contributed by atoms with Crippen molar-refractivity contribution in [3.63, 3.8) is 0 Å². The standard InChI is InChI=1S/C22H19NO2/c24-21-8-4-2-5-15(21)9-12-22(25)23-18-10-11-20-17(14-18)13-16-6-1-3-7-19(16)20/h1-8,10-11,14,24H,9,12-13H2,(H,23,25). The van der Waals surface area contributed by atoms with Gasteiger partial charge in [0.1, 0.15) is 5.75 Å². The number of aryl methyl sites for hydroxylation is 1. The first-order valence-electron chi connectivity index (χ1n) is 8.48. The van der Waals surface area contributed by atoms with E-state index in [4.69, 9.17) is 0 Å². The largest absolute Gasteiger partial charge is 0.508 e. The molecule has 0 atom stereocenters. The molecular formula is C22H19NO2. The third kappa shape index (κ3) is 3.13. The Kier molecular flexibility index (Phi) is 3.98. The molecule has 1 aliphatic rings. The van der Waals surface area contributed by atoms with Gasteiger partial charge >= 0.3 is 0 Å². The van der Waals surface area contributed by atoms with E-state index in [0.717, 1.165) is 17.7 Å². The summed E-state index contributed by atoms with van der Waals surface area (Å²) in [5, 5.41) is 12.7. The van der Waals surface area contributed by atoms with Gasteiger partial charge in [0.15, 0.2) is 0 Å². The number of rotatable bonds is 4. The Balaban J connectivity index is 1.43. The lowest BCUT2D eigenvalue weighted by molar-refractivity contribution is -0.116. The Labute approximate surface area is 147 Å². The topological polar surface area (TPSA) is 49.3 Å². The predicted octanol–water partition coefficient (Wildman–Crippen LogP) is 4.53. The molecule has 3 aromatic carbocycles. The zero-order valence-electron chi connectivity index (χ0n) is 13.8. The molecule has 0 saturated carbocycles. The maximum absolute atomic E-state index is 12.2. The highest BCUT2D eigenvalue weighted by atomic mass is 16.3. The van der Waals surface area contributed by atoms with Gasteiger partial charge in [0.25, 0.3) is 0 Å². The van der Waals surface area contributed by atoms with Gasteiger partial charge in [0.2, 0.25) is 5.91 Å². The van der Waals surface area contributed by atoms with E-state index in [1.54, 1.807) is 12.1 Å². The number of fused-ring (bicyclic) bond motifs is 3. The number of benzene rings is 3. The molecule has 0 saturated heterocycles. The average Bonchev–Trinajstić information content (AvgIpc) is 2.99. The normalized spacial score (nSPS) is 11.7. The molecular weight excluding hydrogens is 310 g/mol. The first-order chi connectivity index (χ1) is 12.2. The monoisotopic (exact) mass is 329 g/mol. The van der Waals surface area contributed by atoms with Crippen molar-refractivity contribution in [3.8, 4) is 16.9 Å². The molecule has 1 aliphatic carbocycles. The van der Waals surface area contributed by atoms with Crippen molar-refractivity contribution in [2.24, 2.45) is 0 Å². The molecule has 2 N–H and O–H groups in total. The van der Waals surface area contributed by atoms with E-state index in [2.05, 4.69) is 41.7 Å². The molecule has 0 bridgehead atoms. The van der Waals surface area contributed by atoms with Gasteiger partial charge in [-0.3, -0.25) is 4.79 Å². The van der Waals surface area contributed by atoms with Gasteiger partial charge < -0.3 is 10.4 Å². The number of carbonyl (C=O) groups excluding carboxylic acids is 1. The van der Waals surface area contributed by atoms with Crippen LogP contribution in [0.25, 0.3) is 11.1 Å². The maximum Gasteiger partial charge on any atom is 0.224 e. The van der Waals surface area contributed by atoms with Crippen LogP contribution in [0.5, 0.6) is 5.75 Å². The van der Waals surface area contributed by atoms with E-state index >= 15 is 0 Å². The highest BCUT2D eigenvalue weighted by molar-refractivity contribution is 5.92. The lowest BCUT2D eigenvalue weighted by Crippen LogP contribution is -2.12. The summed E-state index contributed by atoms with van der Waals surface area (Å²) in [5.41, 5.74) is 6.74. The minimum Gasteiger partial charge on any atom is -0.508 e. The Morgan fingerprint density at radius 3 is 2.56 bits per heavy atom. The second kappa shape index (κ2) is 6.44. The zero-order chi connectivity index (χ0) is 17.2. The summed E-state index contributed by atoms with van der Waals surface area (Å²) < 4.78 is 0.